The van der Waals surface area contributed by atoms with Crippen molar-refractivity contribution >= 4 is 17.7 Å². The zero-order chi connectivity index (χ0) is 14.5. The smallest absolute Gasteiger partial charge is 0.325 e. The molecule has 1 atom stereocenters. The van der Waals surface area contributed by atoms with Gasteiger partial charge >= 0.3 is 5.97 Å². The zero-order valence-corrected chi connectivity index (χ0v) is 11.7. The minimum Gasteiger partial charge on any atom is -0.468 e. The van der Waals surface area contributed by atoms with Crippen molar-refractivity contribution in [3.05, 3.63) is 29.8 Å². The molecular formula is C13H17F2NO2S. The Labute approximate surface area is 115 Å². The van der Waals surface area contributed by atoms with Crippen LogP contribution in [0.1, 0.15) is 19.8 Å². The van der Waals surface area contributed by atoms with Gasteiger partial charge in [-0.25, -0.2) is 8.78 Å². The van der Waals surface area contributed by atoms with Gasteiger partial charge in [0.05, 0.1) is 7.11 Å². The lowest BCUT2D eigenvalue weighted by molar-refractivity contribution is -0.146. The van der Waals surface area contributed by atoms with E-state index in [1.54, 1.807) is 6.92 Å². The van der Waals surface area contributed by atoms with Gasteiger partial charge in [-0.1, -0.05) is 0 Å². The largest absolute Gasteiger partial charge is 0.468 e. The molecule has 0 radical (unpaired) electrons. The second-order valence-corrected chi connectivity index (χ2v) is 5.57. The molecule has 0 heterocycles. The van der Waals surface area contributed by atoms with Crippen molar-refractivity contribution < 1.29 is 18.3 Å². The van der Waals surface area contributed by atoms with Gasteiger partial charge in [0.2, 0.25) is 0 Å². The standard InChI is InChI=1S/C13H17F2NO2S/c1-13(16,12(17)18-2)6-3-7-19-11-5-4-9(14)8-10(11)15/h4-5,8H,3,6-7,16H2,1-2H3. The van der Waals surface area contributed by atoms with Gasteiger partial charge in [-0.3, -0.25) is 4.79 Å². The van der Waals surface area contributed by atoms with Gasteiger partial charge in [0.15, 0.2) is 0 Å². The molecule has 0 saturated heterocycles. The lowest BCUT2D eigenvalue weighted by Crippen LogP contribution is -2.45. The average molecular weight is 289 g/mol. The van der Waals surface area contributed by atoms with Crippen LogP contribution in [-0.4, -0.2) is 24.4 Å². The fraction of sp³-hybridized carbons (Fsp3) is 0.462. The van der Waals surface area contributed by atoms with E-state index < -0.39 is 23.1 Å². The highest BCUT2D eigenvalue weighted by Crippen LogP contribution is 2.24. The van der Waals surface area contributed by atoms with E-state index >= 15 is 0 Å². The lowest BCUT2D eigenvalue weighted by atomic mass is 9.98. The molecule has 19 heavy (non-hydrogen) atoms. The minimum atomic E-state index is -1.03. The maximum Gasteiger partial charge on any atom is 0.325 e. The van der Waals surface area contributed by atoms with Crippen molar-refractivity contribution in [3.8, 4) is 0 Å². The summed E-state index contributed by atoms with van der Waals surface area (Å²) in [6, 6.07) is 3.47. The predicted molar refractivity (Wildman–Crippen MR) is 70.9 cm³/mol. The number of rotatable bonds is 6. The summed E-state index contributed by atoms with van der Waals surface area (Å²) in [5.41, 5.74) is 4.76. The Balaban J connectivity index is 2.41. The Morgan fingerprint density at radius 1 is 1.47 bits per heavy atom. The molecule has 0 amide bonds. The number of thioether (sulfide) groups is 1. The fourth-order valence-corrected chi connectivity index (χ4v) is 2.42. The molecule has 0 fully saturated rings. The normalized spacial score (nSPS) is 13.9. The number of hydrogen-bond donors (Lipinski definition) is 1. The van der Waals surface area contributed by atoms with Crippen molar-refractivity contribution in [2.45, 2.75) is 30.2 Å². The molecule has 6 heteroatoms. The van der Waals surface area contributed by atoms with Gasteiger partial charge in [-0.15, -0.1) is 11.8 Å². The molecule has 0 aliphatic heterocycles. The molecule has 106 valence electrons. The van der Waals surface area contributed by atoms with Gasteiger partial charge in [-0.2, -0.15) is 0 Å². The molecule has 1 aromatic rings. The average Bonchev–Trinajstić information content (AvgIpc) is 2.35. The highest BCUT2D eigenvalue weighted by atomic mass is 32.2. The molecule has 3 nitrogen and oxygen atoms in total. The summed E-state index contributed by atoms with van der Waals surface area (Å²) in [6.07, 6.45) is 1.07. The van der Waals surface area contributed by atoms with Crippen LogP contribution in [0.5, 0.6) is 0 Å². The van der Waals surface area contributed by atoms with Crippen LogP contribution < -0.4 is 5.73 Å². The van der Waals surface area contributed by atoms with Gasteiger partial charge < -0.3 is 10.5 Å². The van der Waals surface area contributed by atoms with Crippen LogP contribution in [0.3, 0.4) is 0 Å². The number of esters is 1. The third-order valence-electron chi connectivity index (χ3n) is 2.64. The van der Waals surface area contributed by atoms with Gasteiger partial charge in [0.25, 0.3) is 0 Å². The van der Waals surface area contributed by atoms with Crippen LogP contribution in [0.2, 0.25) is 0 Å². The molecule has 0 aliphatic carbocycles. The highest BCUT2D eigenvalue weighted by molar-refractivity contribution is 7.99. The van der Waals surface area contributed by atoms with E-state index in [4.69, 9.17) is 5.73 Å². The zero-order valence-electron chi connectivity index (χ0n) is 10.9. The Kier molecular flexibility index (Phi) is 5.75. The topological polar surface area (TPSA) is 52.3 Å². The molecule has 0 bridgehead atoms. The van der Waals surface area contributed by atoms with Crippen LogP contribution in [0, 0.1) is 11.6 Å². The fourth-order valence-electron chi connectivity index (χ4n) is 1.55. The summed E-state index contributed by atoms with van der Waals surface area (Å²) in [5.74, 6) is -1.05. The van der Waals surface area contributed by atoms with Crippen LogP contribution in [0.4, 0.5) is 8.78 Å². The van der Waals surface area contributed by atoms with E-state index in [9.17, 15) is 13.6 Å². The summed E-state index contributed by atoms with van der Waals surface area (Å²) in [5, 5.41) is 0. The van der Waals surface area contributed by atoms with Gasteiger partial charge in [0.1, 0.15) is 17.2 Å². The van der Waals surface area contributed by atoms with Crippen molar-refractivity contribution in [2.24, 2.45) is 5.73 Å². The Morgan fingerprint density at radius 3 is 2.74 bits per heavy atom. The van der Waals surface area contributed by atoms with Gasteiger partial charge in [-0.05, 0) is 37.7 Å². The summed E-state index contributed by atoms with van der Waals surface area (Å²) in [6.45, 7) is 1.60. The monoisotopic (exact) mass is 289 g/mol. The van der Waals surface area contributed by atoms with Crippen molar-refractivity contribution in [2.75, 3.05) is 12.9 Å². The second kappa shape index (κ2) is 6.86. The van der Waals surface area contributed by atoms with Crippen LogP contribution >= 0.6 is 11.8 Å². The first-order valence-corrected chi connectivity index (χ1v) is 6.80. The molecule has 1 aromatic carbocycles. The number of methoxy groups -OCH3 is 1. The third-order valence-corrected chi connectivity index (χ3v) is 3.78. The second-order valence-electron chi connectivity index (χ2n) is 4.44. The molecule has 0 spiro atoms. The van der Waals surface area contributed by atoms with E-state index in [1.165, 1.54) is 31.0 Å². The van der Waals surface area contributed by atoms with E-state index in [-0.39, 0.29) is 0 Å². The molecule has 1 rings (SSSR count). The summed E-state index contributed by atoms with van der Waals surface area (Å²) >= 11 is 1.27. The maximum absolute atomic E-state index is 13.3. The minimum absolute atomic E-state index is 0.387. The lowest BCUT2D eigenvalue weighted by Gasteiger charge is -2.20. The van der Waals surface area contributed by atoms with E-state index in [1.807, 2.05) is 0 Å². The summed E-state index contributed by atoms with van der Waals surface area (Å²) in [4.78, 5) is 11.7. The Hall–Kier alpha value is -1.14. The Bertz CT molecular complexity index is 452. The number of hydrogen-bond acceptors (Lipinski definition) is 4. The van der Waals surface area contributed by atoms with E-state index in [2.05, 4.69) is 4.74 Å². The van der Waals surface area contributed by atoms with Gasteiger partial charge in [0, 0.05) is 11.0 Å². The van der Waals surface area contributed by atoms with Crippen molar-refractivity contribution in [1.82, 2.24) is 0 Å². The molecular weight excluding hydrogens is 272 g/mol. The molecule has 1 unspecified atom stereocenters. The molecule has 0 aromatic heterocycles. The highest BCUT2D eigenvalue weighted by Gasteiger charge is 2.28. The maximum atomic E-state index is 13.3. The first-order chi connectivity index (χ1) is 8.86. The van der Waals surface area contributed by atoms with E-state index in [0.717, 1.165) is 6.07 Å². The third kappa shape index (κ3) is 4.80. The molecule has 2 N–H and O–H groups in total. The predicted octanol–water partition coefficient (Wildman–Crippen LogP) is 2.73. The SMILES string of the molecule is COC(=O)C(C)(N)CCCSc1ccc(F)cc1F. The first-order valence-electron chi connectivity index (χ1n) is 5.82. The number of carbonyl (C=O) groups is 1. The quantitative estimate of drug-likeness (QED) is 0.497. The summed E-state index contributed by atoms with van der Waals surface area (Å²) in [7, 11) is 1.29. The van der Waals surface area contributed by atoms with Crippen LogP contribution in [0.15, 0.2) is 23.1 Å². The van der Waals surface area contributed by atoms with Crippen molar-refractivity contribution in [1.29, 1.82) is 0 Å². The summed E-state index contributed by atoms with van der Waals surface area (Å²) < 4.78 is 30.6. The van der Waals surface area contributed by atoms with E-state index in [0.29, 0.717) is 23.5 Å². The number of nitrogens with two attached hydrogens (primary N) is 1. The van der Waals surface area contributed by atoms with Crippen LogP contribution in [-0.2, 0) is 9.53 Å². The first kappa shape index (κ1) is 15.9. The van der Waals surface area contributed by atoms with Crippen molar-refractivity contribution in [3.63, 3.8) is 0 Å². The Morgan fingerprint density at radius 2 is 2.16 bits per heavy atom. The number of halogens is 2. The van der Waals surface area contributed by atoms with Crippen LogP contribution in [0.25, 0.3) is 0 Å². The molecule has 0 aliphatic rings. The number of benzene rings is 1. The number of carbonyl (C=O) groups excluding carboxylic acids is 1. The number of ether oxygens (including phenoxy) is 1. The molecule has 0 saturated carbocycles.